The number of carbonyl (C=O) groups excluding carboxylic acids is 1. The van der Waals surface area contributed by atoms with E-state index in [1.54, 1.807) is 30.3 Å². The lowest BCUT2D eigenvalue weighted by molar-refractivity contribution is -0.139. The molecular weight excluding hydrogens is 363 g/mol. The van der Waals surface area contributed by atoms with Crippen molar-refractivity contribution in [2.24, 2.45) is 4.99 Å². The minimum Gasteiger partial charge on any atom is -0.461 e. The second kappa shape index (κ2) is 9.32. The maximum atomic E-state index is 13.3. The predicted octanol–water partition coefficient (Wildman–Crippen LogP) is 4.93. The van der Waals surface area contributed by atoms with Crippen molar-refractivity contribution in [1.82, 2.24) is 0 Å². The molecule has 1 atom stereocenters. The summed E-state index contributed by atoms with van der Waals surface area (Å²) in [6, 6.07) is 7.57. The molecule has 146 valence electrons. The van der Waals surface area contributed by atoms with Crippen LogP contribution in [-0.4, -0.2) is 39.4 Å². The van der Waals surface area contributed by atoms with Gasteiger partial charge >= 0.3 is 12.1 Å². The summed E-state index contributed by atoms with van der Waals surface area (Å²) in [6.07, 6.45) is -4.90. The quantitative estimate of drug-likeness (QED) is 0.360. The molecule has 0 aliphatic heterocycles. The van der Waals surface area contributed by atoms with Crippen LogP contribution >= 0.6 is 0 Å². The molecule has 26 heavy (non-hydrogen) atoms. The zero-order valence-corrected chi connectivity index (χ0v) is 16.8. The standard InChI is InChI=1S/C18H26F3NO3Si/c1-6-24-17(23)16(18(19,20)21)22-15(14-10-8-7-9-11-14)12-25-26(4,5)13(2)3/h7-11,13,15H,6,12H2,1-5H3/b22-16+/t15-/m0/s1. The Labute approximate surface area is 153 Å². The number of alkyl halides is 3. The van der Waals surface area contributed by atoms with Crippen molar-refractivity contribution < 1.29 is 27.1 Å². The van der Waals surface area contributed by atoms with Crippen molar-refractivity contribution in [3.8, 4) is 0 Å². The third kappa shape index (κ3) is 6.57. The third-order valence-corrected chi connectivity index (χ3v) is 7.90. The van der Waals surface area contributed by atoms with E-state index in [1.165, 1.54) is 6.92 Å². The van der Waals surface area contributed by atoms with Crippen molar-refractivity contribution in [3.63, 3.8) is 0 Å². The number of hydrogen-bond donors (Lipinski definition) is 0. The van der Waals surface area contributed by atoms with Crippen LogP contribution in [0.3, 0.4) is 0 Å². The zero-order chi connectivity index (χ0) is 20.0. The van der Waals surface area contributed by atoms with E-state index in [9.17, 15) is 18.0 Å². The molecule has 0 amide bonds. The molecule has 1 aromatic carbocycles. The molecule has 0 aliphatic carbocycles. The molecule has 1 aromatic rings. The Kier molecular flexibility index (Phi) is 8.02. The van der Waals surface area contributed by atoms with Crippen LogP contribution in [0.25, 0.3) is 0 Å². The van der Waals surface area contributed by atoms with E-state index in [0.29, 0.717) is 5.56 Å². The fourth-order valence-corrected chi connectivity index (χ4v) is 2.86. The average molecular weight is 389 g/mol. The molecule has 0 saturated carbocycles. The highest BCUT2D eigenvalue weighted by atomic mass is 28.4. The number of ether oxygens (including phenoxy) is 1. The summed E-state index contributed by atoms with van der Waals surface area (Å²) >= 11 is 0. The summed E-state index contributed by atoms with van der Waals surface area (Å²) in [5.41, 5.74) is -0.706. The summed E-state index contributed by atoms with van der Waals surface area (Å²) in [5, 5.41) is 0. The summed E-state index contributed by atoms with van der Waals surface area (Å²) in [4.78, 5) is 15.5. The first-order chi connectivity index (χ1) is 12.0. The van der Waals surface area contributed by atoms with Crippen molar-refractivity contribution >= 4 is 20.0 Å². The lowest BCUT2D eigenvalue weighted by Crippen LogP contribution is -2.37. The molecule has 4 nitrogen and oxygen atoms in total. The van der Waals surface area contributed by atoms with Crippen LogP contribution in [0, 0.1) is 0 Å². The molecule has 0 unspecified atom stereocenters. The number of halogens is 3. The summed E-state index contributed by atoms with van der Waals surface area (Å²) in [6.45, 7) is 9.30. The predicted molar refractivity (Wildman–Crippen MR) is 97.8 cm³/mol. The number of carbonyl (C=O) groups is 1. The van der Waals surface area contributed by atoms with E-state index in [1.807, 2.05) is 26.9 Å². The van der Waals surface area contributed by atoms with Crippen molar-refractivity contribution in [2.45, 2.75) is 51.6 Å². The highest BCUT2D eigenvalue weighted by Gasteiger charge is 2.43. The van der Waals surface area contributed by atoms with Crippen LogP contribution < -0.4 is 0 Å². The second-order valence-corrected chi connectivity index (χ2v) is 11.3. The summed E-state index contributed by atoms with van der Waals surface area (Å²) in [7, 11) is -2.08. The Bertz CT molecular complexity index is 616. The Hall–Kier alpha value is -1.67. The first-order valence-electron chi connectivity index (χ1n) is 8.50. The number of benzene rings is 1. The van der Waals surface area contributed by atoms with E-state index >= 15 is 0 Å². The number of aliphatic imine (C=N–C) groups is 1. The van der Waals surface area contributed by atoms with Gasteiger partial charge in [-0.2, -0.15) is 13.2 Å². The lowest BCUT2D eigenvalue weighted by Gasteiger charge is -2.29. The Morgan fingerprint density at radius 1 is 1.19 bits per heavy atom. The van der Waals surface area contributed by atoms with E-state index in [-0.39, 0.29) is 18.8 Å². The molecule has 1 rings (SSSR count). The van der Waals surface area contributed by atoms with Gasteiger partial charge in [-0.3, -0.25) is 4.99 Å². The van der Waals surface area contributed by atoms with Gasteiger partial charge in [-0.25, -0.2) is 4.79 Å². The van der Waals surface area contributed by atoms with E-state index in [4.69, 9.17) is 4.43 Å². The lowest BCUT2D eigenvalue weighted by atomic mass is 10.1. The fraction of sp³-hybridized carbons (Fsp3) is 0.556. The van der Waals surface area contributed by atoms with E-state index in [0.717, 1.165) is 0 Å². The SMILES string of the molecule is CCOC(=O)/C(=N\[C@@H](CO[Si](C)(C)C(C)C)c1ccccc1)C(F)(F)F. The van der Waals surface area contributed by atoms with Crippen molar-refractivity contribution in [2.75, 3.05) is 13.2 Å². The van der Waals surface area contributed by atoms with Crippen LogP contribution in [-0.2, 0) is 14.0 Å². The molecule has 0 N–H and O–H groups in total. The van der Waals surface area contributed by atoms with Gasteiger partial charge in [0.25, 0.3) is 0 Å². The van der Waals surface area contributed by atoms with Gasteiger partial charge in [0, 0.05) is 0 Å². The number of rotatable bonds is 8. The molecule has 0 saturated heterocycles. The highest BCUT2D eigenvalue weighted by Crippen LogP contribution is 2.28. The van der Waals surface area contributed by atoms with Crippen LogP contribution in [0.4, 0.5) is 13.2 Å². The largest absolute Gasteiger partial charge is 0.461 e. The maximum Gasteiger partial charge on any atom is 0.440 e. The Morgan fingerprint density at radius 2 is 1.77 bits per heavy atom. The zero-order valence-electron chi connectivity index (χ0n) is 15.8. The first-order valence-corrected chi connectivity index (χ1v) is 11.5. The Balaban J connectivity index is 3.24. The highest BCUT2D eigenvalue weighted by molar-refractivity contribution is 6.72. The van der Waals surface area contributed by atoms with E-state index < -0.39 is 32.2 Å². The molecule has 0 fully saturated rings. The maximum absolute atomic E-state index is 13.3. The van der Waals surface area contributed by atoms with Crippen molar-refractivity contribution in [3.05, 3.63) is 35.9 Å². The first kappa shape index (κ1) is 22.4. The third-order valence-electron chi connectivity index (χ3n) is 4.21. The molecule has 0 spiro atoms. The molecule has 0 bridgehead atoms. The monoisotopic (exact) mass is 389 g/mol. The van der Waals surface area contributed by atoms with Gasteiger partial charge in [0.15, 0.2) is 8.32 Å². The van der Waals surface area contributed by atoms with E-state index in [2.05, 4.69) is 9.73 Å². The minimum absolute atomic E-state index is 0.0274. The van der Waals surface area contributed by atoms with Crippen LogP contribution in [0.1, 0.15) is 32.4 Å². The second-order valence-electron chi connectivity index (χ2n) is 6.69. The van der Waals surface area contributed by atoms with Gasteiger partial charge in [-0.05, 0) is 31.1 Å². The summed E-state index contributed by atoms with van der Waals surface area (Å²) < 4.78 is 50.4. The number of nitrogens with zero attached hydrogens (tertiary/aromatic N) is 1. The number of esters is 1. The normalized spacial score (nSPS) is 14.4. The molecule has 0 aliphatic rings. The van der Waals surface area contributed by atoms with Crippen molar-refractivity contribution in [1.29, 1.82) is 0 Å². The molecule has 0 aromatic heterocycles. The summed E-state index contributed by atoms with van der Waals surface area (Å²) in [5.74, 6) is -1.47. The van der Waals surface area contributed by atoms with Crippen LogP contribution in [0.15, 0.2) is 35.3 Å². The van der Waals surface area contributed by atoms with Gasteiger partial charge in [-0.15, -0.1) is 0 Å². The average Bonchev–Trinajstić information content (AvgIpc) is 2.54. The fourth-order valence-electron chi connectivity index (χ4n) is 1.94. The molecule has 8 heteroatoms. The Morgan fingerprint density at radius 3 is 2.23 bits per heavy atom. The molecule has 0 heterocycles. The van der Waals surface area contributed by atoms with Gasteiger partial charge < -0.3 is 9.16 Å². The minimum atomic E-state index is -4.90. The molecule has 0 radical (unpaired) electrons. The van der Waals surface area contributed by atoms with Gasteiger partial charge in [0.1, 0.15) is 0 Å². The smallest absolute Gasteiger partial charge is 0.440 e. The molecular formula is C18H26F3NO3Si. The number of hydrogen-bond acceptors (Lipinski definition) is 4. The van der Waals surface area contributed by atoms with Gasteiger partial charge in [0.2, 0.25) is 5.71 Å². The van der Waals surface area contributed by atoms with Gasteiger partial charge in [0.05, 0.1) is 19.3 Å². The van der Waals surface area contributed by atoms with Crippen LogP contribution in [0.5, 0.6) is 0 Å². The van der Waals surface area contributed by atoms with Gasteiger partial charge in [-0.1, -0.05) is 44.2 Å². The topological polar surface area (TPSA) is 47.9 Å². The van der Waals surface area contributed by atoms with Crippen LogP contribution in [0.2, 0.25) is 18.6 Å².